The van der Waals surface area contributed by atoms with Crippen LogP contribution < -0.4 is 0 Å². The molecule has 1 atom stereocenters. The van der Waals surface area contributed by atoms with Crippen molar-refractivity contribution in [2.24, 2.45) is 0 Å². The molecule has 1 amide bonds. The predicted octanol–water partition coefficient (Wildman–Crippen LogP) is 6.64. The highest BCUT2D eigenvalue weighted by Crippen LogP contribution is 2.40. The van der Waals surface area contributed by atoms with E-state index in [0.717, 1.165) is 16.7 Å². The van der Waals surface area contributed by atoms with Crippen LogP contribution in [0.2, 0.25) is 19.6 Å². The summed E-state index contributed by atoms with van der Waals surface area (Å²) in [5.41, 5.74) is 2.19. The third kappa shape index (κ3) is 7.66. The highest BCUT2D eigenvalue weighted by Gasteiger charge is 2.39. The molecule has 0 aliphatic heterocycles. The minimum Gasteiger partial charge on any atom is -0.453 e. The van der Waals surface area contributed by atoms with E-state index < -0.39 is 13.7 Å². The maximum Gasteiger partial charge on any atom is 0.409 e. The van der Waals surface area contributed by atoms with Gasteiger partial charge in [0.25, 0.3) is 0 Å². The fourth-order valence-corrected chi connectivity index (χ4v) is 6.18. The van der Waals surface area contributed by atoms with Gasteiger partial charge in [0.05, 0.1) is 34.4 Å². The van der Waals surface area contributed by atoms with E-state index in [1.807, 2.05) is 65.6 Å². The van der Waals surface area contributed by atoms with E-state index in [9.17, 15) is 9.90 Å². The Labute approximate surface area is 228 Å². The van der Waals surface area contributed by atoms with Crippen molar-refractivity contribution in [1.29, 1.82) is 0 Å². The maximum absolute atomic E-state index is 13.1. The first-order chi connectivity index (χ1) is 18.3. The van der Waals surface area contributed by atoms with Gasteiger partial charge in [-0.2, -0.15) is 0 Å². The van der Waals surface area contributed by atoms with Crippen LogP contribution in [0, 0.1) is 0 Å². The first-order valence-corrected chi connectivity index (χ1v) is 16.9. The quantitative estimate of drug-likeness (QED) is 0.153. The van der Waals surface area contributed by atoms with Crippen LogP contribution in [-0.2, 0) is 15.1 Å². The highest BCUT2D eigenvalue weighted by atomic mass is 28.3. The van der Waals surface area contributed by atoms with Crippen LogP contribution in [0.25, 0.3) is 0 Å². The Morgan fingerprint density at radius 3 is 1.74 bits per heavy atom. The fraction of sp³-hybridized carbons (Fsp3) is 0.344. The molecule has 0 bridgehead atoms. The summed E-state index contributed by atoms with van der Waals surface area (Å²) in [7, 11) is -0.236. The molecule has 38 heavy (non-hydrogen) atoms. The molecule has 3 aromatic rings. The zero-order valence-electron chi connectivity index (χ0n) is 23.0. The lowest BCUT2D eigenvalue weighted by molar-refractivity contribution is -0.0208. The van der Waals surface area contributed by atoms with Crippen LogP contribution in [-0.4, -0.2) is 56.7 Å². The number of hydrogen-bond acceptors (Lipinski definition) is 4. The summed E-state index contributed by atoms with van der Waals surface area (Å²) >= 11 is 0. The van der Waals surface area contributed by atoms with Crippen molar-refractivity contribution in [2.75, 3.05) is 26.5 Å². The second-order valence-electron chi connectivity index (χ2n) is 10.6. The van der Waals surface area contributed by atoms with Crippen LogP contribution in [0.5, 0.6) is 0 Å². The number of aliphatic hydroxyl groups excluding tert-OH is 1. The topological polar surface area (TPSA) is 59.0 Å². The molecule has 3 aromatic carbocycles. The fourth-order valence-electron chi connectivity index (χ4n) is 4.77. The minimum absolute atomic E-state index is 0.00405. The van der Waals surface area contributed by atoms with E-state index in [0.29, 0.717) is 25.6 Å². The number of rotatable bonds is 13. The molecular formula is C32H41NO4Si. The Bertz CT molecular complexity index is 1030. The largest absolute Gasteiger partial charge is 0.453 e. The molecule has 0 aliphatic rings. The van der Waals surface area contributed by atoms with Crippen LogP contribution >= 0.6 is 0 Å². The molecule has 0 fully saturated rings. The third-order valence-electron chi connectivity index (χ3n) is 6.47. The number of ether oxygens (including phenoxy) is 2. The maximum atomic E-state index is 13.1. The summed E-state index contributed by atoms with van der Waals surface area (Å²) in [5, 5.41) is 9.22. The van der Waals surface area contributed by atoms with Crippen molar-refractivity contribution < 1.29 is 19.4 Å². The lowest BCUT2D eigenvalue weighted by atomic mass is 9.80. The van der Waals surface area contributed by atoms with Crippen molar-refractivity contribution in [3.63, 3.8) is 0 Å². The Balaban J connectivity index is 2.10. The normalized spacial score (nSPS) is 12.9. The summed E-state index contributed by atoms with van der Waals surface area (Å²) in [6.07, 6.45) is 5.41. The second kappa shape index (κ2) is 14.1. The van der Waals surface area contributed by atoms with Gasteiger partial charge in [0.2, 0.25) is 0 Å². The average molecular weight is 532 g/mol. The van der Waals surface area contributed by atoms with Gasteiger partial charge in [0.1, 0.15) is 5.60 Å². The lowest BCUT2D eigenvalue weighted by Crippen LogP contribution is -2.51. The van der Waals surface area contributed by atoms with Crippen LogP contribution in [0.4, 0.5) is 4.79 Å². The molecule has 202 valence electrons. The highest BCUT2D eigenvalue weighted by molar-refractivity contribution is 6.76. The van der Waals surface area contributed by atoms with Gasteiger partial charge in [-0.1, -0.05) is 123 Å². The molecule has 0 aliphatic carbocycles. The first-order valence-electron chi connectivity index (χ1n) is 13.2. The van der Waals surface area contributed by atoms with Gasteiger partial charge in [-0.15, -0.1) is 0 Å². The van der Waals surface area contributed by atoms with Crippen molar-refractivity contribution in [2.45, 2.75) is 44.1 Å². The number of nitrogens with zero attached hydrogens (tertiary/aromatic N) is 1. The number of carbonyl (C=O) groups is 1. The number of aliphatic hydroxyl groups is 1. The lowest BCUT2D eigenvalue weighted by Gasteiger charge is -2.40. The van der Waals surface area contributed by atoms with Crippen LogP contribution in [0.1, 0.15) is 29.5 Å². The Morgan fingerprint density at radius 2 is 1.34 bits per heavy atom. The molecule has 0 aromatic heterocycles. The van der Waals surface area contributed by atoms with E-state index in [1.54, 1.807) is 6.08 Å². The number of carbonyl (C=O) groups excluding carboxylic acids is 1. The molecule has 0 saturated carbocycles. The summed E-state index contributed by atoms with van der Waals surface area (Å²) in [6, 6.07) is 30.6. The van der Waals surface area contributed by atoms with Crippen molar-refractivity contribution in [3.8, 4) is 0 Å². The summed E-state index contributed by atoms with van der Waals surface area (Å²) in [5.74, 6) is 0. The number of hydrogen-bond donors (Lipinski definition) is 1. The Hall–Kier alpha value is -3.19. The van der Waals surface area contributed by atoms with E-state index >= 15 is 0 Å². The minimum atomic E-state index is -1.67. The predicted molar refractivity (Wildman–Crippen MR) is 157 cm³/mol. The smallest absolute Gasteiger partial charge is 0.409 e. The first kappa shape index (κ1) is 29.4. The van der Waals surface area contributed by atoms with Gasteiger partial charge >= 0.3 is 6.09 Å². The zero-order chi connectivity index (χ0) is 27.4. The second-order valence-corrected chi connectivity index (χ2v) is 16.1. The molecule has 0 radical (unpaired) electrons. The zero-order valence-corrected chi connectivity index (χ0v) is 24.0. The van der Waals surface area contributed by atoms with Crippen molar-refractivity contribution in [3.05, 3.63) is 120 Å². The van der Waals surface area contributed by atoms with E-state index in [4.69, 9.17) is 9.47 Å². The van der Waals surface area contributed by atoms with E-state index in [2.05, 4.69) is 56.0 Å². The number of benzene rings is 3. The van der Waals surface area contributed by atoms with Gasteiger partial charge < -0.3 is 19.5 Å². The Morgan fingerprint density at radius 1 is 0.868 bits per heavy atom. The molecular weight excluding hydrogens is 490 g/mol. The molecule has 1 unspecified atom stereocenters. The van der Waals surface area contributed by atoms with Gasteiger partial charge in [-0.3, -0.25) is 0 Å². The van der Waals surface area contributed by atoms with Gasteiger partial charge in [0.15, 0.2) is 0 Å². The molecule has 0 saturated heterocycles. The van der Waals surface area contributed by atoms with Crippen molar-refractivity contribution >= 4 is 14.2 Å². The summed E-state index contributed by atoms with van der Waals surface area (Å²) in [6.45, 7) is 7.04. The van der Waals surface area contributed by atoms with E-state index in [1.165, 1.54) is 7.11 Å². The van der Waals surface area contributed by atoms with E-state index in [-0.39, 0.29) is 18.7 Å². The standard InChI is InChI=1S/C32H41NO4Si/c1-36-31(35)33(26-38(2,3)4)30(23-15-8-16-24-34)25-37-32(27-17-9-5-10-18-27,28-19-11-6-12-20-28)29-21-13-7-14-22-29/h5-14,16-22,30,34H,15,23-26H2,1-4H3/b16-8+. The summed E-state index contributed by atoms with van der Waals surface area (Å²) < 4.78 is 12.3. The number of allylic oxidation sites excluding steroid dienone is 1. The van der Waals surface area contributed by atoms with Gasteiger partial charge in [-0.25, -0.2) is 4.79 Å². The van der Waals surface area contributed by atoms with Gasteiger partial charge in [0, 0.05) is 6.17 Å². The monoisotopic (exact) mass is 531 g/mol. The van der Waals surface area contributed by atoms with Crippen molar-refractivity contribution in [1.82, 2.24) is 4.90 Å². The number of methoxy groups -OCH3 is 1. The number of amides is 1. The molecule has 5 nitrogen and oxygen atoms in total. The molecule has 0 spiro atoms. The SMILES string of the molecule is COC(=O)N(C[Si](C)(C)C)C(CC/C=C/CO)COC(c1ccccc1)(c1ccccc1)c1ccccc1. The molecule has 1 N–H and O–H groups in total. The van der Waals surface area contributed by atoms with Gasteiger partial charge in [-0.05, 0) is 29.5 Å². The summed E-state index contributed by atoms with van der Waals surface area (Å²) in [4.78, 5) is 14.9. The molecule has 0 heterocycles. The average Bonchev–Trinajstić information content (AvgIpc) is 2.94. The van der Waals surface area contributed by atoms with Crippen LogP contribution in [0.3, 0.4) is 0 Å². The third-order valence-corrected chi connectivity index (χ3v) is 7.76. The Kier molecular flexibility index (Phi) is 10.9. The van der Waals surface area contributed by atoms with Crippen LogP contribution in [0.15, 0.2) is 103 Å². The molecule has 6 heteroatoms. The molecule has 3 rings (SSSR count).